The second-order valence-electron chi connectivity index (χ2n) is 10.4. The van der Waals surface area contributed by atoms with Crippen LogP contribution in [-0.4, -0.2) is 69.3 Å². The van der Waals surface area contributed by atoms with Gasteiger partial charge >= 0.3 is 0 Å². The lowest BCUT2D eigenvalue weighted by Crippen LogP contribution is -2.38. The lowest BCUT2D eigenvalue weighted by atomic mass is 10.00. The zero-order valence-corrected chi connectivity index (χ0v) is 21.6. The summed E-state index contributed by atoms with van der Waals surface area (Å²) in [6.07, 6.45) is 4.37. The third-order valence-corrected chi connectivity index (χ3v) is 7.67. The molecule has 1 aromatic heterocycles. The van der Waals surface area contributed by atoms with Gasteiger partial charge in [-0.15, -0.1) is 0 Å². The van der Waals surface area contributed by atoms with Gasteiger partial charge in [-0.25, -0.2) is 4.98 Å². The van der Waals surface area contributed by atoms with Gasteiger partial charge in [0.05, 0.1) is 17.4 Å². The van der Waals surface area contributed by atoms with Gasteiger partial charge in [-0.05, 0) is 65.8 Å². The van der Waals surface area contributed by atoms with E-state index in [2.05, 4.69) is 40.2 Å². The number of hydrogen-bond acceptors (Lipinski definition) is 5. The number of nitrogens with zero attached hydrogens (tertiary/aromatic N) is 4. The van der Waals surface area contributed by atoms with E-state index in [0.29, 0.717) is 13.1 Å². The molecule has 6 rings (SSSR count). The van der Waals surface area contributed by atoms with Crippen molar-refractivity contribution in [3.8, 4) is 16.9 Å². The van der Waals surface area contributed by atoms with Gasteiger partial charge in [0.25, 0.3) is 0 Å². The van der Waals surface area contributed by atoms with Crippen molar-refractivity contribution in [3.05, 3.63) is 84.2 Å². The summed E-state index contributed by atoms with van der Waals surface area (Å²) in [6, 6.07) is 22.6. The van der Waals surface area contributed by atoms with Crippen molar-refractivity contribution in [2.24, 2.45) is 0 Å². The molecule has 0 aliphatic carbocycles. The summed E-state index contributed by atoms with van der Waals surface area (Å²) in [5.74, 6) is 0.873. The number of aliphatic hydroxyl groups excluding tert-OH is 1. The molecule has 2 aliphatic heterocycles. The Morgan fingerprint density at radius 1 is 0.947 bits per heavy atom. The molecule has 1 amide bonds. The summed E-state index contributed by atoms with van der Waals surface area (Å²) in [5, 5.41) is 10.7. The van der Waals surface area contributed by atoms with Gasteiger partial charge in [0.1, 0.15) is 25.0 Å². The van der Waals surface area contributed by atoms with Crippen molar-refractivity contribution in [1.29, 1.82) is 0 Å². The average molecular weight is 511 g/mol. The summed E-state index contributed by atoms with van der Waals surface area (Å²) in [5.41, 5.74) is 6.62. The number of aromatic nitrogens is 2. The Hall–Kier alpha value is -3.68. The quantitative estimate of drug-likeness (QED) is 0.386. The summed E-state index contributed by atoms with van der Waals surface area (Å²) < 4.78 is 7.94. The molecule has 0 spiro atoms. The van der Waals surface area contributed by atoms with Gasteiger partial charge in [0.2, 0.25) is 5.91 Å². The van der Waals surface area contributed by atoms with E-state index in [9.17, 15) is 9.90 Å². The SMILES string of the molecule is O=C(Cn1cnc2ccc(-c3cccc(OCC(O)CN4CCc5ccccc5C4)c3)cc21)N1CCCC1. The predicted octanol–water partition coefficient (Wildman–Crippen LogP) is 4.12. The van der Waals surface area contributed by atoms with Gasteiger partial charge < -0.3 is 19.3 Å². The number of aliphatic hydroxyl groups is 1. The van der Waals surface area contributed by atoms with E-state index in [1.165, 1.54) is 11.1 Å². The van der Waals surface area contributed by atoms with E-state index in [1.807, 2.05) is 45.9 Å². The first-order valence-electron chi connectivity index (χ1n) is 13.6. The van der Waals surface area contributed by atoms with Crippen LogP contribution < -0.4 is 4.74 Å². The van der Waals surface area contributed by atoms with Crippen molar-refractivity contribution in [2.45, 2.75) is 38.5 Å². The maximum Gasteiger partial charge on any atom is 0.242 e. The van der Waals surface area contributed by atoms with E-state index in [-0.39, 0.29) is 12.5 Å². The highest BCUT2D eigenvalue weighted by Gasteiger charge is 2.20. The van der Waals surface area contributed by atoms with Crippen molar-refractivity contribution in [1.82, 2.24) is 19.4 Å². The van der Waals surface area contributed by atoms with Crippen LogP contribution in [0.1, 0.15) is 24.0 Å². The molecule has 38 heavy (non-hydrogen) atoms. The molecule has 3 heterocycles. The van der Waals surface area contributed by atoms with Gasteiger partial charge in [-0.1, -0.05) is 42.5 Å². The second-order valence-corrected chi connectivity index (χ2v) is 10.4. The van der Waals surface area contributed by atoms with Gasteiger partial charge in [-0.3, -0.25) is 9.69 Å². The van der Waals surface area contributed by atoms with E-state index in [0.717, 1.165) is 73.4 Å². The summed E-state index contributed by atoms with van der Waals surface area (Å²) in [7, 11) is 0. The Bertz CT molecular complexity index is 1430. The van der Waals surface area contributed by atoms with Gasteiger partial charge in [0, 0.05) is 32.7 Å². The molecule has 2 aliphatic rings. The molecular formula is C31H34N4O3. The third kappa shape index (κ3) is 5.44. The maximum atomic E-state index is 12.7. The molecular weight excluding hydrogens is 476 g/mol. The first kappa shape index (κ1) is 24.6. The number of ether oxygens (including phenoxy) is 1. The number of imidazole rings is 1. The number of likely N-dealkylation sites (tertiary alicyclic amines) is 1. The molecule has 196 valence electrons. The van der Waals surface area contributed by atoms with Crippen LogP contribution in [0.5, 0.6) is 5.75 Å². The van der Waals surface area contributed by atoms with Crippen LogP contribution in [0, 0.1) is 0 Å². The normalized spacial score (nSPS) is 16.5. The van der Waals surface area contributed by atoms with Crippen LogP contribution >= 0.6 is 0 Å². The van der Waals surface area contributed by atoms with E-state index in [4.69, 9.17) is 4.74 Å². The minimum absolute atomic E-state index is 0.148. The highest BCUT2D eigenvalue weighted by Crippen LogP contribution is 2.27. The van der Waals surface area contributed by atoms with Crippen molar-refractivity contribution >= 4 is 16.9 Å². The fourth-order valence-corrected chi connectivity index (χ4v) is 5.59. The highest BCUT2D eigenvalue weighted by molar-refractivity contribution is 5.84. The topological polar surface area (TPSA) is 70.8 Å². The zero-order chi connectivity index (χ0) is 25.9. The van der Waals surface area contributed by atoms with Crippen LogP contribution in [0.3, 0.4) is 0 Å². The van der Waals surface area contributed by atoms with Gasteiger partial charge in [0.15, 0.2) is 0 Å². The third-order valence-electron chi connectivity index (χ3n) is 7.67. The number of hydrogen-bond donors (Lipinski definition) is 1. The average Bonchev–Trinajstić information content (AvgIpc) is 3.63. The Morgan fingerprint density at radius 2 is 1.76 bits per heavy atom. The van der Waals surface area contributed by atoms with E-state index in [1.54, 1.807) is 6.33 Å². The van der Waals surface area contributed by atoms with Crippen LogP contribution in [0.25, 0.3) is 22.2 Å². The standard InChI is InChI=1S/C31H34N4O3/c36-27(19-33-15-12-23-6-1-2-7-26(23)18-33)21-38-28-9-5-8-24(16-28)25-10-11-29-30(17-25)35(22-32-29)20-31(37)34-13-3-4-14-34/h1-2,5-11,16-17,22,27,36H,3-4,12-15,18-21H2. The molecule has 0 saturated carbocycles. The molecule has 3 aromatic carbocycles. The fourth-order valence-electron chi connectivity index (χ4n) is 5.59. The minimum atomic E-state index is -0.567. The first-order valence-corrected chi connectivity index (χ1v) is 13.6. The van der Waals surface area contributed by atoms with Crippen LogP contribution in [0.4, 0.5) is 0 Å². The van der Waals surface area contributed by atoms with E-state index < -0.39 is 6.10 Å². The maximum absolute atomic E-state index is 12.7. The second kappa shape index (κ2) is 11.0. The molecule has 7 heteroatoms. The Morgan fingerprint density at radius 3 is 2.63 bits per heavy atom. The molecule has 0 radical (unpaired) electrons. The van der Waals surface area contributed by atoms with Crippen molar-refractivity contribution in [3.63, 3.8) is 0 Å². The smallest absolute Gasteiger partial charge is 0.242 e. The van der Waals surface area contributed by atoms with Gasteiger partial charge in [-0.2, -0.15) is 0 Å². The Balaban J connectivity index is 1.09. The number of β-amino-alcohol motifs (C(OH)–C–C–N with tert-alkyl or cyclic N) is 1. The number of rotatable bonds is 8. The molecule has 1 fully saturated rings. The molecule has 7 nitrogen and oxygen atoms in total. The number of fused-ring (bicyclic) bond motifs is 2. The predicted molar refractivity (Wildman–Crippen MR) is 148 cm³/mol. The minimum Gasteiger partial charge on any atom is -0.491 e. The molecule has 1 N–H and O–H groups in total. The molecule has 1 saturated heterocycles. The number of carbonyl (C=O) groups excluding carboxylic acids is 1. The lowest BCUT2D eigenvalue weighted by Gasteiger charge is -2.30. The van der Waals surface area contributed by atoms with Crippen LogP contribution in [0.15, 0.2) is 73.1 Å². The first-order chi connectivity index (χ1) is 18.6. The fraction of sp³-hybridized carbons (Fsp3) is 0.355. The Labute approximate surface area is 223 Å². The molecule has 1 atom stereocenters. The molecule has 1 unspecified atom stereocenters. The largest absolute Gasteiger partial charge is 0.491 e. The number of carbonyl (C=O) groups is 1. The summed E-state index contributed by atoms with van der Waals surface area (Å²) >= 11 is 0. The summed E-state index contributed by atoms with van der Waals surface area (Å²) in [6.45, 7) is 4.66. The lowest BCUT2D eigenvalue weighted by molar-refractivity contribution is -0.130. The monoisotopic (exact) mass is 510 g/mol. The molecule has 4 aromatic rings. The van der Waals surface area contributed by atoms with E-state index >= 15 is 0 Å². The number of amides is 1. The summed E-state index contributed by atoms with van der Waals surface area (Å²) in [4.78, 5) is 21.4. The molecule has 0 bridgehead atoms. The van der Waals surface area contributed by atoms with Crippen molar-refractivity contribution < 1.29 is 14.6 Å². The van der Waals surface area contributed by atoms with Crippen LogP contribution in [-0.2, 0) is 24.3 Å². The highest BCUT2D eigenvalue weighted by atomic mass is 16.5. The Kier molecular flexibility index (Phi) is 7.12. The zero-order valence-electron chi connectivity index (χ0n) is 21.6. The van der Waals surface area contributed by atoms with Crippen molar-refractivity contribution in [2.75, 3.05) is 32.8 Å². The number of benzene rings is 3. The van der Waals surface area contributed by atoms with Crippen LogP contribution in [0.2, 0.25) is 0 Å².